The Labute approximate surface area is 245 Å². The molecule has 4 aromatic carbocycles. The van der Waals surface area contributed by atoms with Crippen molar-refractivity contribution in [3.05, 3.63) is 138 Å². The van der Waals surface area contributed by atoms with Crippen molar-refractivity contribution in [2.75, 3.05) is 0 Å². The van der Waals surface area contributed by atoms with Crippen LogP contribution in [-0.4, -0.2) is 19.5 Å². The van der Waals surface area contributed by atoms with Crippen molar-refractivity contribution in [2.24, 2.45) is 0 Å². The quantitative estimate of drug-likeness (QED) is 0.225. The summed E-state index contributed by atoms with van der Waals surface area (Å²) >= 11 is 0. The monoisotopic (exact) mass is 548 g/mol. The van der Waals surface area contributed by atoms with Crippen molar-refractivity contribution >= 4 is 21.8 Å². The van der Waals surface area contributed by atoms with Crippen molar-refractivity contribution in [1.82, 2.24) is 19.5 Å². The lowest BCUT2D eigenvalue weighted by Crippen LogP contribution is -2.12. The van der Waals surface area contributed by atoms with Gasteiger partial charge >= 0.3 is 0 Å². The van der Waals surface area contributed by atoms with Gasteiger partial charge in [0, 0.05) is 41.0 Å². The second kappa shape index (κ2) is 10.3. The van der Waals surface area contributed by atoms with Gasteiger partial charge in [-0.05, 0) is 71.0 Å². The predicted octanol–water partition coefficient (Wildman–Crippen LogP) is 9.25. The summed E-state index contributed by atoms with van der Waals surface area (Å²) in [4.78, 5) is 12.6. The van der Waals surface area contributed by atoms with Crippen LogP contribution in [0.5, 0.6) is 11.5 Å². The number of para-hydroxylation sites is 1. The maximum atomic E-state index is 6.52. The third-order valence-electron chi connectivity index (χ3n) is 7.79. The molecule has 0 bridgehead atoms. The number of H-pyrrole nitrogens is 1. The number of imidazole rings is 1. The van der Waals surface area contributed by atoms with Gasteiger partial charge in [0.2, 0.25) is 0 Å². The van der Waals surface area contributed by atoms with Gasteiger partial charge in [0.15, 0.2) is 0 Å². The van der Waals surface area contributed by atoms with Gasteiger partial charge in [-0.3, -0.25) is 4.57 Å². The first-order valence-corrected chi connectivity index (χ1v) is 14.3. The lowest BCUT2D eigenvalue weighted by atomic mass is 9.88. The molecule has 5 heteroatoms. The number of ether oxygens (including phenoxy) is 1. The summed E-state index contributed by atoms with van der Waals surface area (Å²) in [5, 5.41) is 2.35. The van der Waals surface area contributed by atoms with Crippen LogP contribution in [0.15, 0.2) is 122 Å². The summed E-state index contributed by atoms with van der Waals surface area (Å²) in [6, 6.07) is 35.8. The molecule has 206 valence electrons. The number of hydrogen-bond donors (Lipinski definition) is 1. The Hall–Kier alpha value is -5.16. The molecule has 0 aliphatic rings. The van der Waals surface area contributed by atoms with Gasteiger partial charge in [-0.25, -0.2) is 9.97 Å². The number of aromatic amines is 1. The minimum atomic E-state index is 0.0170. The molecule has 0 atom stereocenters. The van der Waals surface area contributed by atoms with E-state index in [-0.39, 0.29) is 5.41 Å². The minimum Gasteiger partial charge on any atom is -0.457 e. The average Bonchev–Trinajstić information content (AvgIpc) is 3.65. The van der Waals surface area contributed by atoms with Crippen LogP contribution < -0.4 is 4.74 Å². The molecule has 0 amide bonds. The third kappa shape index (κ3) is 4.83. The molecule has 7 rings (SSSR count). The molecule has 0 radical (unpaired) electrons. The fourth-order valence-corrected chi connectivity index (χ4v) is 5.63. The van der Waals surface area contributed by atoms with E-state index in [0.717, 1.165) is 51.5 Å². The van der Waals surface area contributed by atoms with Crippen LogP contribution in [0.4, 0.5) is 0 Å². The largest absolute Gasteiger partial charge is 0.457 e. The third-order valence-corrected chi connectivity index (χ3v) is 7.79. The molecule has 0 fully saturated rings. The van der Waals surface area contributed by atoms with Crippen molar-refractivity contribution in [1.29, 1.82) is 0 Å². The van der Waals surface area contributed by atoms with E-state index in [2.05, 4.69) is 120 Å². The van der Waals surface area contributed by atoms with Crippen molar-refractivity contribution in [3.8, 4) is 28.7 Å². The number of pyridine rings is 1. The van der Waals surface area contributed by atoms with Crippen LogP contribution in [0.3, 0.4) is 0 Å². The van der Waals surface area contributed by atoms with Gasteiger partial charge in [0.05, 0.1) is 11.0 Å². The summed E-state index contributed by atoms with van der Waals surface area (Å²) in [5.41, 5.74) is 6.90. The van der Waals surface area contributed by atoms with Gasteiger partial charge in [-0.2, -0.15) is 0 Å². The lowest BCUT2D eigenvalue weighted by molar-refractivity contribution is 0.483. The van der Waals surface area contributed by atoms with Gasteiger partial charge in [0.25, 0.3) is 0 Å². The van der Waals surface area contributed by atoms with Crippen LogP contribution in [0.25, 0.3) is 39.0 Å². The second-order valence-electron chi connectivity index (χ2n) is 11.7. The molecular weight excluding hydrogens is 516 g/mol. The first-order chi connectivity index (χ1) is 20.4. The molecule has 0 saturated carbocycles. The summed E-state index contributed by atoms with van der Waals surface area (Å²) < 4.78 is 8.76. The number of fused-ring (bicyclic) bond motifs is 3. The number of nitrogens with one attached hydrogen (secondary N) is 1. The fraction of sp³-hybridized carbons (Fsp3) is 0.135. The van der Waals surface area contributed by atoms with Crippen LogP contribution >= 0.6 is 0 Å². The topological polar surface area (TPSA) is 55.7 Å². The summed E-state index contributed by atoms with van der Waals surface area (Å²) in [6.45, 7) is 6.68. The van der Waals surface area contributed by atoms with Crippen LogP contribution in [0.2, 0.25) is 0 Å². The predicted molar refractivity (Wildman–Crippen MR) is 171 cm³/mol. The van der Waals surface area contributed by atoms with Gasteiger partial charge in [-0.15, -0.1) is 0 Å². The summed E-state index contributed by atoms with van der Waals surface area (Å²) in [6.07, 6.45) is 6.35. The molecule has 0 aliphatic heterocycles. The average molecular weight is 549 g/mol. The zero-order chi connectivity index (χ0) is 28.7. The molecule has 42 heavy (non-hydrogen) atoms. The van der Waals surface area contributed by atoms with E-state index < -0.39 is 0 Å². The van der Waals surface area contributed by atoms with E-state index >= 15 is 0 Å². The number of benzene rings is 4. The lowest BCUT2D eigenvalue weighted by Gasteiger charge is -2.20. The first kappa shape index (κ1) is 25.8. The Bertz CT molecular complexity index is 2020. The molecule has 5 nitrogen and oxygen atoms in total. The van der Waals surface area contributed by atoms with E-state index in [1.807, 2.05) is 30.6 Å². The number of nitrogens with zero attached hydrogens (tertiary/aromatic N) is 3. The maximum absolute atomic E-state index is 6.52. The molecular formula is C37H32N4O. The Morgan fingerprint density at radius 3 is 2.29 bits per heavy atom. The van der Waals surface area contributed by atoms with E-state index in [0.29, 0.717) is 0 Å². The Kier molecular flexibility index (Phi) is 6.35. The molecule has 0 saturated heterocycles. The van der Waals surface area contributed by atoms with Gasteiger partial charge < -0.3 is 9.72 Å². The highest BCUT2D eigenvalue weighted by Crippen LogP contribution is 2.36. The molecule has 0 spiro atoms. The van der Waals surface area contributed by atoms with Gasteiger partial charge in [0.1, 0.15) is 23.1 Å². The molecule has 1 N–H and O–H groups in total. The SMILES string of the molecule is CC(C)(C)c1ccnc(-n2c3ccccc3c3ccc(Oc4ccc(Cc5ccccc5)c(-c5ncc[nH]5)c4)cc32)c1. The highest BCUT2D eigenvalue weighted by atomic mass is 16.5. The van der Waals surface area contributed by atoms with Crippen LogP contribution in [-0.2, 0) is 11.8 Å². The van der Waals surface area contributed by atoms with Crippen molar-refractivity contribution in [2.45, 2.75) is 32.6 Å². The van der Waals surface area contributed by atoms with Crippen LogP contribution in [0.1, 0.15) is 37.5 Å². The van der Waals surface area contributed by atoms with E-state index in [9.17, 15) is 0 Å². The normalized spacial score (nSPS) is 11.8. The zero-order valence-electron chi connectivity index (χ0n) is 24.0. The standard InChI is InChI=1S/C37H32N4O/c1-37(2,3)27-17-18-38-35(22-27)41-33-12-8-7-11-30(33)31-16-15-29(24-34(31)41)42-28-14-13-26(21-25-9-5-4-6-10-25)32(23-28)36-39-19-20-40-36/h4-20,22-24H,21H2,1-3H3,(H,39,40). The van der Waals surface area contributed by atoms with Crippen LogP contribution in [0, 0.1) is 0 Å². The summed E-state index contributed by atoms with van der Waals surface area (Å²) in [5.74, 6) is 3.25. The fourth-order valence-electron chi connectivity index (χ4n) is 5.63. The number of hydrogen-bond acceptors (Lipinski definition) is 3. The van der Waals surface area contributed by atoms with Crippen molar-refractivity contribution < 1.29 is 4.74 Å². The minimum absolute atomic E-state index is 0.0170. The maximum Gasteiger partial charge on any atom is 0.137 e. The number of aromatic nitrogens is 4. The molecule has 0 aliphatic carbocycles. The Morgan fingerprint density at radius 2 is 1.48 bits per heavy atom. The molecule has 3 heterocycles. The number of rotatable bonds is 6. The van der Waals surface area contributed by atoms with Crippen molar-refractivity contribution in [3.63, 3.8) is 0 Å². The first-order valence-electron chi connectivity index (χ1n) is 14.3. The van der Waals surface area contributed by atoms with Gasteiger partial charge in [-0.1, -0.05) is 75.4 Å². The second-order valence-corrected chi connectivity index (χ2v) is 11.7. The highest BCUT2D eigenvalue weighted by molar-refractivity contribution is 6.09. The van der Waals surface area contributed by atoms with E-state index in [1.54, 1.807) is 6.20 Å². The zero-order valence-corrected chi connectivity index (χ0v) is 24.0. The molecule has 7 aromatic rings. The van der Waals surface area contributed by atoms with E-state index in [4.69, 9.17) is 9.72 Å². The Morgan fingerprint density at radius 1 is 0.714 bits per heavy atom. The Balaban J connectivity index is 1.31. The molecule has 0 unspecified atom stereocenters. The molecule has 3 aromatic heterocycles. The summed E-state index contributed by atoms with van der Waals surface area (Å²) in [7, 11) is 0. The van der Waals surface area contributed by atoms with E-state index in [1.165, 1.54) is 22.1 Å². The smallest absolute Gasteiger partial charge is 0.137 e. The highest BCUT2D eigenvalue weighted by Gasteiger charge is 2.18.